The van der Waals surface area contributed by atoms with Crippen molar-refractivity contribution in [3.05, 3.63) is 65.2 Å². The van der Waals surface area contributed by atoms with Crippen LogP contribution in [0.5, 0.6) is 0 Å². The Morgan fingerprint density at radius 1 is 0.905 bits per heavy atom. The van der Waals surface area contributed by atoms with E-state index in [-0.39, 0.29) is 25.2 Å². The smallest absolute Gasteiger partial charge is 0.318 e. The summed E-state index contributed by atoms with van der Waals surface area (Å²) in [5.41, 5.74) is 1.27. The van der Waals surface area contributed by atoms with Gasteiger partial charge in [0.2, 0.25) is 11.7 Å². The Labute approximate surface area is 251 Å². The number of ketones is 1. The van der Waals surface area contributed by atoms with Crippen LogP contribution in [0.15, 0.2) is 54.6 Å². The van der Waals surface area contributed by atoms with Gasteiger partial charge in [-0.05, 0) is 42.2 Å². The second-order valence-electron chi connectivity index (χ2n) is 10.7. The van der Waals surface area contributed by atoms with Crippen LogP contribution in [0.3, 0.4) is 0 Å². The number of amides is 4. The summed E-state index contributed by atoms with van der Waals surface area (Å²) in [6.45, 7) is 1.71. The fraction of sp³-hybridized carbons (Fsp3) is 0.484. The van der Waals surface area contributed by atoms with Crippen molar-refractivity contribution in [2.75, 3.05) is 38.2 Å². The van der Waals surface area contributed by atoms with E-state index in [1.807, 2.05) is 30.3 Å². The summed E-state index contributed by atoms with van der Waals surface area (Å²) in [5.74, 6) is -2.01. The van der Waals surface area contributed by atoms with E-state index in [2.05, 4.69) is 16.0 Å². The normalized spacial score (nSPS) is 17.1. The first kappa shape index (κ1) is 31.5. The van der Waals surface area contributed by atoms with E-state index >= 15 is 0 Å². The number of Topliss-reactive ketones (excluding diaryl/α,β-unsaturated/α-hetero) is 1. The third-order valence-corrected chi connectivity index (χ3v) is 7.81. The molecule has 1 saturated heterocycles. The maximum atomic E-state index is 13.7. The molecule has 2 aliphatic rings. The van der Waals surface area contributed by atoms with Gasteiger partial charge >= 0.3 is 6.03 Å². The second kappa shape index (κ2) is 16.2. The zero-order valence-electron chi connectivity index (χ0n) is 23.7. The minimum Gasteiger partial charge on any atom is -0.378 e. The number of rotatable bonds is 12. The average Bonchev–Trinajstić information content (AvgIpc) is 3.02. The van der Waals surface area contributed by atoms with Crippen LogP contribution in [0.1, 0.15) is 44.1 Å². The molecule has 2 atom stereocenters. The number of urea groups is 1. The van der Waals surface area contributed by atoms with Gasteiger partial charge < -0.3 is 30.3 Å². The van der Waals surface area contributed by atoms with Crippen molar-refractivity contribution in [3.63, 3.8) is 0 Å². The lowest BCUT2D eigenvalue weighted by atomic mass is 9.84. The Morgan fingerprint density at radius 3 is 2.29 bits per heavy atom. The highest BCUT2D eigenvalue weighted by molar-refractivity contribution is 6.42. The van der Waals surface area contributed by atoms with Crippen molar-refractivity contribution >= 4 is 40.9 Å². The molecule has 0 bridgehead atoms. The van der Waals surface area contributed by atoms with Crippen LogP contribution in [0.25, 0.3) is 0 Å². The first-order chi connectivity index (χ1) is 20.4. The van der Waals surface area contributed by atoms with Gasteiger partial charge in [0, 0.05) is 23.8 Å². The van der Waals surface area contributed by atoms with Crippen LogP contribution >= 0.6 is 11.6 Å². The topological polar surface area (TPSA) is 126 Å². The SMILES string of the molecule is O=C(Nc1ccc(Cl)cc1)C(=O)[C@H](COCc1ccccc1)NC(=O)[C@H](CC1CCCCC1)NC(=O)N1CCOCC1. The molecule has 2 fully saturated rings. The molecule has 42 heavy (non-hydrogen) atoms. The van der Waals surface area contributed by atoms with Crippen molar-refractivity contribution < 1.29 is 28.7 Å². The Kier molecular flexibility index (Phi) is 12.2. The monoisotopic (exact) mass is 598 g/mol. The second-order valence-corrected chi connectivity index (χ2v) is 11.2. The number of hydrogen-bond donors (Lipinski definition) is 3. The minimum atomic E-state index is -1.26. The van der Waals surface area contributed by atoms with Crippen molar-refractivity contribution in [2.24, 2.45) is 5.92 Å². The number of hydrogen-bond acceptors (Lipinski definition) is 6. The summed E-state index contributed by atoms with van der Waals surface area (Å²) in [5, 5.41) is 8.66. The standard InChI is InChI=1S/C31H39ClN4O6/c32-24-11-13-25(14-12-24)33-30(39)28(37)27(21-42-20-23-9-5-2-6-10-23)34-29(38)26(19-22-7-3-1-4-8-22)35-31(40)36-15-17-41-18-16-36/h2,5-6,9-14,22,26-27H,1,3-4,7-8,15-21H2,(H,33,39)(H,34,38)(H,35,40)/t26-,27-/m0/s1. The number of benzene rings is 2. The first-order valence-corrected chi connectivity index (χ1v) is 14.9. The highest BCUT2D eigenvalue weighted by Crippen LogP contribution is 2.27. The molecule has 1 heterocycles. The Morgan fingerprint density at radius 2 is 1.60 bits per heavy atom. The highest BCUT2D eigenvalue weighted by atomic mass is 35.5. The van der Waals surface area contributed by atoms with Crippen molar-refractivity contribution in [2.45, 2.75) is 57.2 Å². The van der Waals surface area contributed by atoms with E-state index in [9.17, 15) is 19.2 Å². The van der Waals surface area contributed by atoms with Gasteiger partial charge in [-0.25, -0.2) is 4.79 Å². The Balaban J connectivity index is 1.46. The van der Waals surface area contributed by atoms with Crippen LogP contribution in [-0.2, 0) is 30.5 Å². The molecule has 4 rings (SSSR count). The van der Waals surface area contributed by atoms with Gasteiger partial charge in [0.15, 0.2) is 0 Å². The number of morpholine rings is 1. The van der Waals surface area contributed by atoms with E-state index in [0.29, 0.717) is 43.4 Å². The van der Waals surface area contributed by atoms with Gasteiger partial charge in [0.05, 0.1) is 26.4 Å². The molecule has 1 saturated carbocycles. The van der Waals surface area contributed by atoms with Gasteiger partial charge in [-0.3, -0.25) is 14.4 Å². The van der Waals surface area contributed by atoms with Crippen molar-refractivity contribution in [1.82, 2.24) is 15.5 Å². The molecular weight excluding hydrogens is 560 g/mol. The van der Waals surface area contributed by atoms with E-state index in [0.717, 1.165) is 37.7 Å². The van der Waals surface area contributed by atoms with Crippen molar-refractivity contribution in [3.8, 4) is 0 Å². The summed E-state index contributed by atoms with van der Waals surface area (Å²) in [6, 6.07) is 13.2. The minimum absolute atomic E-state index is 0.193. The molecule has 0 radical (unpaired) electrons. The zero-order valence-corrected chi connectivity index (χ0v) is 24.4. The molecule has 2 aromatic rings. The van der Waals surface area contributed by atoms with Crippen LogP contribution in [0.2, 0.25) is 5.02 Å². The van der Waals surface area contributed by atoms with Gasteiger partial charge in [-0.15, -0.1) is 0 Å². The molecule has 0 aromatic heterocycles. The molecular formula is C31H39ClN4O6. The molecule has 3 N–H and O–H groups in total. The predicted molar refractivity (Wildman–Crippen MR) is 159 cm³/mol. The number of carbonyl (C=O) groups excluding carboxylic acids is 4. The van der Waals surface area contributed by atoms with Crippen LogP contribution in [0, 0.1) is 5.92 Å². The number of halogens is 1. The van der Waals surface area contributed by atoms with Gasteiger partial charge in [0.25, 0.3) is 5.91 Å². The Hall–Kier alpha value is -3.47. The number of nitrogens with one attached hydrogen (secondary N) is 3. The number of carbonyl (C=O) groups is 4. The summed E-state index contributed by atoms with van der Waals surface area (Å²) < 4.78 is 11.1. The molecule has 11 heteroatoms. The fourth-order valence-electron chi connectivity index (χ4n) is 5.20. The molecule has 4 amide bonds. The first-order valence-electron chi connectivity index (χ1n) is 14.5. The predicted octanol–water partition coefficient (Wildman–Crippen LogP) is 3.93. The van der Waals surface area contributed by atoms with Crippen LogP contribution < -0.4 is 16.0 Å². The van der Waals surface area contributed by atoms with E-state index in [1.165, 1.54) is 0 Å². The lowest BCUT2D eigenvalue weighted by Gasteiger charge is -2.31. The number of ether oxygens (including phenoxy) is 2. The largest absolute Gasteiger partial charge is 0.378 e. The van der Waals surface area contributed by atoms with Crippen LogP contribution in [-0.4, -0.2) is 73.5 Å². The summed E-state index contributed by atoms with van der Waals surface area (Å²) in [4.78, 5) is 54.6. The lowest BCUT2D eigenvalue weighted by molar-refractivity contribution is -0.139. The number of nitrogens with zero attached hydrogens (tertiary/aromatic N) is 1. The average molecular weight is 599 g/mol. The summed E-state index contributed by atoms with van der Waals surface area (Å²) >= 11 is 5.93. The lowest BCUT2D eigenvalue weighted by Crippen LogP contribution is -2.57. The van der Waals surface area contributed by atoms with Crippen molar-refractivity contribution in [1.29, 1.82) is 0 Å². The quantitative estimate of drug-likeness (QED) is 0.318. The molecule has 2 aromatic carbocycles. The van der Waals surface area contributed by atoms with Crippen LogP contribution in [0.4, 0.5) is 10.5 Å². The molecule has 0 spiro atoms. The number of anilines is 1. The van der Waals surface area contributed by atoms with E-state index < -0.39 is 29.7 Å². The molecule has 226 valence electrons. The fourth-order valence-corrected chi connectivity index (χ4v) is 5.33. The van der Waals surface area contributed by atoms with Gasteiger partial charge in [-0.2, -0.15) is 0 Å². The third kappa shape index (κ3) is 9.82. The molecule has 1 aliphatic heterocycles. The Bertz CT molecular complexity index is 1180. The zero-order chi connectivity index (χ0) is 29.7. The summed E-state index contributed by atoms with van der Waals surface area (Å²) in [6.07, 6.45) is 5.72. The molecule has 1 aliphatic carbocycles. The third-order valence-electron chi connectivity index (χ3n) is 7.56. The maximum Gasteiger partial charge on any atom is 0.318 e. The van der Waals surface area contributed by atoms with E-state index in [4.69, 9.17) is 21.1 Å². The molecule has 0 unspecified atom stereocenters. The van der Waals surface area contributed by atoms with E-state index in [1.54, 1.807) is 29.2 Å². The maximum absolute atomic E-state index is 13.7. The van der Waals surface area contributed by atoms with Gasteiger partial charge in [0.1, 0.15) is 12.1 Å². The van der Waals surface area contributed by atoms with Gasteiger partial charge in [-0.1, -0.05) is 74.0 Å². The summed E-state index contributed by atoms with van der Waals surface area (Å²) in [7, 11) is 0. The highest BCUT2D eigenvalue weighted by Gasteiger charge is 2.33. The molecule has 10 nitrogen and oxygen atoms in total.